The van der Waals surface area contributed by atoms with Crippen molar-refractivity contribution in [2.75, 3.05) is 4.90 Å². The van der Waals surface area contributed by atoms with Crippen molar-refractivity contribution in [1.29, 1.82) is 0 Å². The normalized spacial score (nSPS) is 19.8. The molecule has 0 radical (unpaired) electrons. The molecule has 0 spiro atoms. The van der Waals surface area contributed by atoms with Crippen molar-refractivity contribution in [3.63, 3.8) is 0 Å². The van der Waals surface area contributed by atoms with Crippen LogP contribution in [0.5, 0.6) is 0 Å². The first-order chi connectivity index (χ1) is 14.1. The summed E-state index contributed by atoms with van der Waals surface area (Å²) in [7, 11) is 3.33. The van der Waals surface area contributed by atoms with E-state index >= 15 is 0 Å². The lowest BCUT2D eigenvalue weighted by atomic mass is 9.93. The van der Waals surface area contributed by atoms with Crippen LogP contribution in [-0.2, 0) is 20.6 Å². The molecule has 1 atom stereocenters. The van der Waals surface area contributed by atoms with E-state index in [-0.39, 0.29) is 17.3 Å². The third kappa shape index (κ3) is 3.94. The van der Waals surface area contributed by atoms with Gasteiger partial charge in [0.05, 0.1) is 5.56 Å². The fourth-order valence-corrected chi connectivity index (χ4v) is 4.64. The first-order valence-corrected chi connectivity index (χ1v) is 10.6. The molecule has 6 heteroatoms. The summed E-state index contributed by atoms with van der Waals surface area (Å²) < 4.78 is 2.85. The Morgan fingerprint density at radius 2 is 1.72 bits per heavy atom. The molecule has 2 aromatic rings. The molecule has 1 aromatic carbocycles. The molecule has 1 aromatic heterocycles. The molecular weight excluding hydrogens is 364 g/mol. The first-order valence-electron chi connectivity index (χ1n) is 10.6. The summed E-state index contributed by atoms with van der Waals surface area (Å²) in [6, 6.07) is 10.5. The van der Waals surface area contributed by atoms with Crippen molar-refractivity contribution in [1.82, 2.24) is 14.5 Å². The molecule has 154 valence electrons. The second-order valence-electron chi connectivity index (χ2n) is 8.23. The molecule has 1 unspecified atom stereocenters. The number of hydrogen-bond donors (Lipinski definition) is 1. The first kappa shape index (κ1) is 19.7. The molecule has 1 saturated carbocycles. The number of benzene rings is 1. The quantitative estimate of drug-likeness (QED) is 0.866. The zero-order valence-corrected chi connectivity index (χ0v) is 17.3. The monoisotopic (exact) mass is 394 g/mol. The van der Waals surface area contributed by atoms with Gasteiger partial charge in [0, 0.05) is 38.9 Å². The number of anilines is 1. The van der Waals surface area contributed by atoms with Crippen LogP contribution in [-0.4, -0.2) is 15.2 Å². The van der Waals surface area contributed by atoms with E-state index in [4.69, 9.17) is 0 Å². The topological polar surface area (TPSA) is 59.3 Å². The predicted octanol–water partition coefficient (Wildman–Crippen LogP) is 2.97. The average molecular weight is 395 g/mol. The third-order valence-electron chi connectivity index (χ3n) is 6.18. The Labute approximate surface area is 171 Å². The SMILES string of the molecule is Cn1c2c(c(=O)n(C)c1=O)C(NC1CCCCC1)CC=CN2Cc1ccccc1. The van der Waals surface area contributed by atoms with E-state index in [1.54, 1.807) is 18.7 Å². The number of fused-ring (bicyclic) bond motifs is 1. The maximum Gasteiger partial charge on any atom is 0.332 e. The maximum atomic E-state index is 13.2. The number of hydrogen-bond acceptors (Lipinski definition) is 4. The summed E-state index contributed by atoms with van der Waals surface area (Å²) in [6.45, 7) is 0.612. The minimum Gasteiger partial charge on any atom is -0.330 e. The average Bonchev–Trinajstić information content (AvgIpc) is 2.92. The van der Waals surface area contributed by atoms with Gasteiger partial charge >= 0.3 is 5.69 Å². The fraction of sp³-hybridized carbons (Fsp3) is 0.478. The van der Waals surface area contributed by atoms with Crippen molar-refractivity contribution in [3.05, 3.63) is 74.6 Å². The minimum atomic E-state index is -0.293. The highest BCUT2D eigenvalue weighted by Crippen LogP contribution is 2.31. The van der Waals surface area contributed by atoms with Crippen LogP contribution in [0.15, 0.2) is 52.2 Å². The van der Waals surface area contributed by atoms with Crippen LogP contribution in [0.3, 0.4) is 0 Å². The minimum absolute atomic E-state index is 0.0874. The Hall–Kier alpha value is -2.60. The van der Waals surface area contributed by atoms with E-state index in [1.165, 1.54) is 23.8 Å². The van der Waals surface area contributed by atoms with Gasteiger partial charge < -0.3 is 10.2 Å². The van der Waals surface area contributed by atoms with Gasteiger partial charge in [-0.3, -0.25) is 13.9 Å². The van der Waals surface area contributed by atoms with Crippen LogP contribution in [0.25, 0.3) is 0 Å². The van der Waals surface area contributed by atoms with Gasteiger partial charge in [-0.15, -0.1) is 0 Å². The molecule has 29 heavy (non-hydrogen) atoms. The van der Waals surface area contributed by atoms with Gasteiger partial charge in [-0.25, -0.2) is 4.79 Å². The largest absolute Gasteiger partial charge is 0.332 e. The van der Waals surface area contributed by atoms with Crippen LogP contribution in [0, 0.1) is 0 Å². The molecule has 4 rings (SSSR count). The Morgan fingerprint density at radius 1 is 1.00 bits per heavy atom. The van der Waals surface area contributed by atoms with Crippen molar-refractivity contribution >= 4 is 5.82 Å². The molecule has 1 fully saturated rings. The zero-order chi connectivity index (χ0) is 20.4. The number of nitrogens with zero attached hydrogens (tertiary/aromatic N) is 3. The van der Waals surface area contributed by atoms with Gasteiger partial charge in [-0.2, -0.15) is 0 Å². The van der Waals surface area contributed by atoms with E-state index in [0.29, 0.717) is 24.0 Å². The van der Waals surface area contributed by atoms with Crippen LogP contribution in [0.4, 0.5) is 5.82 Å². The highest BCUT2D eigenvalue weighted by Gasteiger charge is 2.29. The molecule has 2 heterocycles. The van der Waals surface area contributed by atoms with Crippen LogP contribution in [0.1, 0.15) is 55.7 Å². The molecular formula is C23H30N4O2. The summed E-state index contributed by atoms with van der Waals surface area (Å²) in [5, 5.41) is 3.75. The van der Waals surface area contributed by atoms with Crippen LogP contribution in [0.2, 0.25) is 0 Å². The van der Waals surface area contributed by atoms with E-state index in [0.717, 1.165) is 24.8 Å². The van der Waals surface area contributed by atoms with Gasteiger partial charge in [-0.1, -0.05) is 55.7 Å². The lowest BCUT2D eigenvalue weighted by Crippen LogP contribution is -2.45. The van der Waals surface area contributed by atoms with Crippen molar-refractivity contribution < 1.29 is 0 Å². The number of nitrogens with one attached hydrogen (secondary N) is 1. The molecule has 0 amide bonds. The highest BCUT2D eigenvalue weighted by atomic mass is 16.2. The van der Waals surface area contributed by atoms with Gasteiger partial charge in [0.2, 0.25) is 0 Å². The summed E-state index contributed by atoms with van der Waals surface area (Å²) in [5.41, 5.74) is 1.34. The van der Waals surface area contributed by atoms with E-state index < -0.39 is 0 Å². The second kappa shape index (κ2) is 8.41. The van der Waals surface area contributed by atoms with Crippen molar-refractivity contribution in [3.8, 4) is 0 Å². The van der Waals surface area contributed by atoms with E-state index in [2.05, 4.69) is 23.5 Å². The van der Waals surface area contributed by atoms with Crippen molar-refractivity contribution in [2.24, 2.45) is 14.1 Å². The summed E-state index contributed by atoms with van der Waals surface area (Å²) in [5.74, 6) is 0.698. The predicted molar refractivity (Wildman–Crippen MR) is 116 cm³/mol. The van der Waals surface area contributed by atoms with Crippen LogP contribution >= 0.6 is 0 Å². The Balaban J connectivity index is 1.78. The molecule has 2 aliphatic rings. The van der Waals surface area contributed by atoms with Gasteiger partial charge in [0.25, 0.3) is 5.56 Å². The molecule has 1 aliphatic carbocycles. The zero-order valence-electron chi connectivity index (χ0n) is 17.3. The summed E-state index contributed by atoms with van der Waals surface area (Å²) in [4.78, 5) is 28.0. The van der Waals surface area contributed by atoms with E-state index in [1.807, 2.05) is 29.3 Å². The second-order valence-corrected chi connectivity index (χ2v) is 8.23. The molecule has 0 bridgehead atoms. The molecule has 1 N–H and O–H groups in total. The number of aromatic nitrogens is 2. The summed E-state index contributed by atoms with van der Waals surface area (Å²) >= 11 is 0. The standard InChI is InChI=1S/C23H30N4O2/c1-25-21-20(22(28)26(2)23(25)29)19(24-18-12-7-4-8-13-18)14-9-15-27(21)16-17-10-5-3-6-11-17/h3,5-6,9-11,15,18-19,24H,4,7-8,12-14,16H2,1-2H3. The Kier molecular flexibility index (Phi) is 5.72. The van der Waals surface area contributed by atoms with Crippen LogP contribution < -0.4 is 21.5 Å². The third-order valence-corrected chi connectivity index (χ3v) is 6.18. The number of rotatable bonds is 4. The fourth-order valence-electron chi connectivity index (χ4n) is 4.64. The lowest BCUT2D eigenvalue weighted by molar-refractivity contribution is 0.337. The van der Waals surface area contributed by atoms with Gasteiger partial charge in [-0.05, 0) is 24.8 Å². The van der Waals surface area contributed by atoms with Crippen molar-refractivity contribution in [2.45, 2.75) is 57.2 Å². The van der Waals surface area contributed by atoms with Gasteiger partial charge in [0.15, 0.2) is 0 Å². The Bertz CT molecular complexity index is 1000. The Morgan fingerprint density at radius 3 is 2.45 bits per heavy atom. The molecule has 6 nitrogen and oxygen atoms in total. The van der Waals surface area contributed by atoms with Gasteiger partial charge in [0.1, 0.15) is 5.82 Å². The molecule has 1 aliphatic heterocycles. The van der Waals surface area contributed by atoms with E-state index in [9.17, 15) is 9.59 Å². The highest BCUT2D eigenvalue weighted by molar-refractivity contribution is 5.53. The molecule has 0 saturated heterocycles. The maximum absolute atomic E-state index is 13.2. The summed E-state index contributed by atoms with van der Waals surface area (Å²) in [6.07, 6.45) is 10.9. The lowest BCUT2D eigenvalue weighted by Gasteiger charge is -2.30. The smallest absolute Gasteiger partial charge is 0.330 e.